The maximum Gasteiger partial charge on any atom is 0.164 e. The predicted octanol–water partition coefficient (Wildman–Crippen LogP) is 4.18. The second-order valence-electron chi connectivity index (χ2n) is 5.15. The zero-order valence-corrected chi connectivity index (χ0v) is 13.4. The van der Waals surface area contributed by atoms with Crippen LogP contribution in [-0.4, -0.2) is 24.7 Å². The van der Waals surface area contributed by atoms with Crippen LogP contribution >= 0.6 is 23.2 Å². The number of nitrogens with zero attached hydrogens (tertiary/aromatic N) is 4. The topological polar surface area (TPSA) is 59.4 Å². The fraction of sp³-hybridized carbons (Fsp3) is 0.0625. The van der Waals surface area contributed by atoms with Crippen LogP contribution in [0.3, 0.4) is 0 Å². The van der Waals surface area contributed by atoms with Gasteiger partial charge in [-0.1, -0.05) is 23.2 Å². The molecule has 0 atom stereocenters. The van der Waals surface area contributed by atoms with Gasteiger partial charge in [0, 0.05) is 15.6 Å². The summed E-state index contributed by atoms with van der Waals surface area (Å²) in [5.41, 5.74) is 3.75. The van der Waals surface area contributed by atoms with Gasteiger partial charge in [-0.3, -0.25) is 0 Å². The number of hydrogen-bond donors (Lipinski definition) is 1. The van der Waals surface area contributed by atoms with Gasteiger partial charge in [-0.15, -0.1) is 10.2 Å². The van der Waals surface area contributed by atoms with Gasteiger partial charge in [-0.05, 0) is 42.0 Å². The van der Waals surface area contributed by atoms with Gasteiger partial charge < -0.3 is 9.55 Å². The van der Waals surface area contributed by atoms with Crippen LogP contribution in [0.15, 0.2) is 49.1 Å². The fourth-order valence-electron chi connectivity index (χ4n) is 2.52. The number of benzene rings is 2. The number of imidazole rings is 1. The lowest BCUT2D eigenvalue weighted by Crippen LogP contribution is -2.02. The van der Waals surface area contributed by atoms with Gasteiger partial charge in [-0.2, -0.15) is 0 Å². The first-order valence-electron chi connectivity index (χ1n) is 6.96. The van der Waals surface area contributed by atoms with E-state index in [2.05, 4.69) is 20.2 Å². The third-order valence-electron chi connectivity index (χ3n) is 3.64. The Balaban J connectivity index is 1.74. The van der Waals surface area contributed by atoms with Crippen LogP contribution in [0.2, 0.25) is 10.0 Å². The van der Waals surface area contributed by atoms with Crippen molar-refractivity contribution in [1.29, 1.82) is 0 Å². The average Bonchev–Trinajstić information content (AvgIpc) is 3.19. The third-order valence-corrected chi connectivity index (χ3v) is 4.25. The number of fused-ring (bicyclic) bond motifs is 1. The molecule has 0 aliphatic carbocycles. The van der Waals surface area contributed by atoms with Crippen molar-refractivity contribution in [2.24, 2.45) is 0 Å². The molecule has 1 N–H and O–H groups in total. The van der Waals surface area contributed by atoms with Gasteiger partial charge in [0.15, 0.2) is 5.82 Å². The molecule has 0 aliphatic rings. The lowest BCUT2D eigenvalue weighted by atomic mass is 10.1. The molecule has 2 aromatic carbocycles. The number of hydrogen-bond acceptors (Lipinski definition) is 3. The molecule has 7 heteroatoms. The first-order valence-corrected chi connectivity index (χ1v) is 7.71. The molecule has 2 heterocycles. The molecule has 5 nitrogen and oxygen atoms in total. The van der Waals surface area contributed by atoms with Crippen molar-refractivity contribution in [2.45, 2.75) is 6.54 Å². The molecule has 0 amide bonds. The molecule has 0 fully saturated rings. The van der Waals surface area contributed by atoms with Crippen molar-refractivity contribution < 1.29 is 0 Å². The Hall–Kier alpha value is -2.37. The second-order valence-corrected chi connectivity index (χ2v) is 6.00. The molecule has 0 unspecified atom stereocenters. The van der Waals surface area contributed by atoms with Gasteiger partial charge in [0.25, 0.3) is 0 Å². The molecule has 0 saturated heterocycles. The minimum absolute atomic E-state index is 0.544. The van der Waals surface area contributed by atoms with Crippen molar-refractivity contribution in [1.82, 2.24) is 24.7 Å². The Morgan fingerprint density at radius 2 is 2.00 bits per heavy atom. The summed E-state index contributed by atoms with van der Waals surface area (Å²) in [5.74, 6) is 0.762. The zero-order chi connectivity index (χ0) is 15.8. The van der Waals surface area contributed by atoms with Crippen molar-refractivity contribution >= 4 is 34.2 Å². The predicted molar refractivity (Wildman–Crippen MR) is 90.7 cm³/mol. The molecule has 114 valence electrons. The lowest BCUT2D eigenvalue weighted by molar-refractivity contribution is 0.803. The molecular weight excluding hydrogens is 333 g/mol. The Labute approximate surface area is 141 Å². The summed E-state index contributed by atoms with van der Waals surface area (Å²) in [7, 11) is 0. The fourth-order valence-corrected chi connectivity index (χ4v) is 2.89. The highest BCUT2D eigenvalue weighted by Gasteiger charge is 2.11. The molecular formula is C16H11Cl2N5. The van der Waals surface area contributed by atoms with Crippen molar-refractivity contribution in [2.75, 3.05) is 0 Å². The summed E-state index contributed by atoms with van der Waals surface area (Å²) in [4.78, 5) is 7.32. The smallest absolute Gasteiger partial charge is 0.164 e. The quantitative estimate of drug-likeness (QED) is 0.607. The molecule has 0 aliphatic heterocycles. The molecule has 2 aromatic heterocycles. The van der Waals surface area contributed by atoms with Crippen LogP contribution in [0, 0.1) is 0 Å². The summed E-state index contributed by atoms with van der Waals surface area (Å²) in [6, 6.07) is 11.3. The number of halogens is 2. The number of nitrogens with one attached hydrogen (secondary N) is 1. The van der Waals surface area contributed by atoms with Crippen molar-refractivity contribution in [3.8, 4) is 11.4 Å². The van der Waals surface area contributed by atoms with Crippen molar-refractivity contribution in [3.63, 3.8) is 0 Å². The van der Waals surface area contributed by atoms with Crippen LogP contribution in [0.4, 0.5) is 0 Å². The van der Waals surface area contributed by atoms with Crippen molar-refractivity contribution in [3.05, 3.63) is 64.7 Å². The maximum absolute atomic E-state index is 6.25. The van der Waals surface area contributed by atoms with Crippen LogP contribution in [0.1, 0.15) is 5.56 Å². The van der Waals surface area contributed by atoms with E-state index >= 15 is 0 Å². The molecule has 0 spiro atoms. The molecule has 0 radical (unpaired) electrons. The first kappa shape index (κ1) is 14.2. The Bertz CT molecular complexity index is 989. The number of aromatic nitrogens is 5. The Morgan fingerprint density at radius 3 is 2.91 bits per heavy atom. The molecule has 0 saturated carbocycles. The summed E-state index contributed by atoms with van der Waals surface area (Å²) >= 11 is 12.3. The van der Waals surface area contributed by atoms with E-state index in [1.54, 1.807) is 24.8 Å². The average molecular weight is 344 g/mol. The maximum atomic E-state index is 6.25. The van der Waals surface area contributed by atoms with Crippen LogP contribution in [0.5, 0.6) is 0 Å². The Kier molecular flexibility index (Phi) is 3.52. The van der Waals surface area contributed by atoms with E-state index < -0.39 is 0 Å². The normalized spacial score (nSPS) is 11.2. The standard InChI is InChI=1S/C16H11Cl2N5/c17-12-2-3-13(18)11(5-12)7-23-9-21-22-16(23)10-1-4-14-15(6-10)20-8-19-14/h1-6,8-9H,7H2,(H,19,20). The van der Waals surface area contributed by atoms with E-state index in [4.69, 9.17) is 23.2 Å². The van der Waals surface area contributed by atoms with E-state index in [1.165, 1.54) is 0 Å². The van der Waals surface area contributed by atoms with E-state index in [0.29, 0.717) is 16.6 Å². The van der Waals surface area contributed by atoms with E-state index in [1.807, 2.05) is 28.8 Å². The summed E-state index contributed by atoms with van der Waals surface area (Å²) in [6.45, 7) is 0.544. The summed E-state index contributed by atoms with van der Waals surface area (Å²) < 4.78 is 1.94. The molecule has 4 rings (SSSR count). The highest BCUT2D eigenvalue weighted by atomic mass is 35.5. The summed E-state index contributed by atoms with van der Waals surface area (Å²) in [5, 5.41) is 9.57. The minimum Gasteiger partial charge on any atom is -0.345 e. The van der Waals surface area contributed by atoms with Crippen LogP contribution < -0.4 is 0 Å². The van der Waals surface area contributed by atoms with Gasteiger partial charge in [-0.25, -0.2) is 4.98 Å². The zero-order valence-electron chi connectivity index (χ0n) is 11.9. The second kappa shape index (κ2) is 5.68. The molecule has 0 bridgehead atoms. The van der Waals surface area contributed by atoms with Gasteiger partial charge >= 0.3 is 0 Å². The summed E-state index contributed by atoms with van der Waals surface area (Å²) in [6.07, 6.45) is 3.36. The number of aromatic amines is 1. The van der Waals surface area contributed by atoms with Gasteiger partial charge in [0.1, 0.15) is 6.33 Å². The van der Waals surface area contributed by atoms with E-state index in [9.17, 15) is 0 Å². The number of rotatable bonds is 3. The highest BCUT2D eigenvalue weighted by Crippen LogP contribution is 2.25. The SMILES string of the molecule is Clc1ccc(Cl)c(Cn2cnnc2-c2ccc3nc[nH]c3c2)c1. The molecule has 4 aromatic rings. The van der Waals surface area contributed by atoms with Crippen LogP contribution in [0.25, 0.3) is 22.4 Å². The van der Waals surface area contributed by atoms with Gasteiger partial charge in [0.2, 0.25) is 0 Å². The minimum atomic E-state index is 0.544. The van der Waals surface area contributed by atoms with Gasteiger partial charge in [0.05, 0.1) is 23.9 Å². The van der Waals surface area contributed by atoms with E-state index in [0.717, 1.165) is 28.0 Å². The largest absolute Gasteiger partial charge is 0.345 e. The highest BCUT2D eigenvalue weighted by molar-refractivity contribution is 6.33. The van der Waals surface area contributed by atoms with E-state index in [-0.39, 0.29) is 0 Å². The monoisotopic (exact) mass is 343 g/mol. The number of H-pyrrole nitrogens is 1. The molecule has 23 heavy (non-hydrogen) atoms. The Morgan fingerprint density at radius 1 is 1.09 bits per heavy atom. The first-order chi connectivity index (χ1) is 11.2. The van der Waals surface area contributed by atoms with Crippen LogP contribution in [-0.2, 0) is 6.54 Å². The lowest BCUT2D eigenvalue weighted by Gasteiger charge is -2.09. The third kappa shape index (κ3) is 2.69.